The lowest BCUT2D eigenvalue weighted by Crippen LogP contribution is -2.49. The minimum atomic E-state index is 0.653. The smallest absolute Gasteiger partial charge is 0.0521 e. The van der Waals surface area contributed by atoms with Gasteiger partial charge in [0.05, 0.1) is 6.61 Å². The van der Waals surface area contributed by atoms with E-state index in [1.807, 2.05) is 7.11 Å². The van der Waals surface area contributed by atoms with E-state index in [1.54, 1.807) is 0 Å². The fourth-order valence-electron chi connectivity index (χ4n) is 3.48. The molecule has 2 unspecified atom stereocenters. The summed E-state index contributed by atoms with van der Waals surface area (Å²) in [5, 5.41) is 3.71. The van der Waals surface area contributed by atoms with Gasteiger partial charge in [0.1, 0.15) is 0 Å². The van der Waals surface area contributed by atoms with E-state index in [2.05, 4.69) is 17.1 Å². The third kappa shape index (κ3) is 4.99. The fraction of sp³-hybridized carbons (Fsp3) is 1.00. The first-order chi connectivity index (χ1) is 9.83. The number of hydrogen-bond donors (Lipinski definition) is 1. The lowest BCUT2D eigenvalue weighted by Gasteiger charge is -2.38. The summed E-state index contributed by atoms with van der Waals surface area (Å²) in [4.78, 5) is 2.63. The molecule has 2 aliphatic rings. The molecule has 20 heavy (non-hydrogen) atoms. The van der Waals surface area contributed by atoms with Crippen LogP contribution in [0.1, 0.15) is 32.6 Å². The van der Waals surface area contributed by atoms with Gasteiger partial charge in [-0.1, -0.05) is 6.92 Å². The predicted molar refractivity (Wildman–Crippen MR) is 82.0 cm³/mol. The zero-order valence-corrected chi connectivity index (χ0v) is 13.3. The van der Waals surface area contributed by atoms with Gasteiger partial charge in [0.25, 0.3) is 0 Å². The first kappa shape index (κ1) is 16.2. The number of hydrogen-bond acceptors (Lipinski definition) is 4. The van der Waals surface area contributed by atoms with Crippen LogP contribution in [0, 0.1) is 11.8 Å². The standard InChI is InChI=1S/C16H32N2O2/c1-3-7-17-16-6-10-20-13-15(16)11-18-8-4-14(5-9-18)12-19-2/h14-17H,3-13H2,1-2H3. The Hall–Kier alpha value is -0.160. The Bertz CT molecular complexity index is 255. The second-order valence-corrected chi connectivity index (χ2v) is 6.38. The molecule has 0 aromatic rings. The summed E-state index contributed by atoms with van der Waals surface area (Å²) < 4.78 is 11.0. The normalized spacial score (nSPS) is 29.7. The lowest BCUT2D eigenvalue weighted by atomic mass is 9.92. The van der Waals surface area contributed by atoms with Gasteiger partial charge in [-0.05, 0) is 51.2 Å². The van der Waals surface area contributed by atoms with E-state index in [9.17, 15) is 0 Å². The number of piperidine rings is 1. The van der Waals surface area contributed by atoms with Crippen molar-refractivity contribution < 1.29 is 9.47 Å². The van der Waals surface area contributed by atoms with Crippen LogP contribution in [0.5, 0.6) is 0 Å². The maximum Gasteiger partial charge on any atom is 0.0521 e. The van der Waals surface area contributed by atoms with E-state index in [0.717, 1.165) is 32.3 Å². The average Bonchev–Trinajstić information content (AvgIpc) is 2.49. The first-order valence-corrected chi connectivity index (χ1v) is 8.36. The van der Waals surface area contributed by atoms with Crippen molar-refractivity contribution in [3.63, 3.8) is 0 Å². The molecular formula is C16H32N2O2. The molecule has 0 bridgehead atoms. The molecule has 0 radical (unpaired) electrons. The van der Waals surface area contributed by atoms with Crippen LogP contribution >= 0.6 is 0 Å². The fourth-order valence-corrected chi connectivity index (χ4v) is 3.48. The van der Waals surface area contributed by atoms with Gasteiger partial charge in [-0.2, -0.15) is 0 Å². The third-order valence-corrected chi connectivity index (χ3v) is 4.73. The van der Waals surface area contributed by atoms with Crippen LogP contribution in [0.3, 0.4) is 0 Å². The summed E-state index contributed by atoms with van der Waals surface area (Å²) in [6.07, 6.45) is 4.96. The highest BCUT2D eigenvalue weighted by atomic mass is 16.5. The molecule has 0 aromatic heterocycles. The molecule has 0 spiro atoms. The number of ether oxygens (including phenoxy) is 2. The predicted octanol–water partition coefficient (Wildman–Crippen LogP) is 1.75. The van der Waals surface area contributed by atoms with Crippen LogP contribution in [-0.4, -0.2) is 64.1 Å². The zero-order valence-electron chi connectivity index (χ0n) is 13.3. The van der Waals surface area contributed by atoms with Crippen molar-refractivity contribution in [1.29, 1.82) is 0 Å². The highest BCUT2D eigenvalue weighted by Crippen LogP contribution is 2.21. The summed E-state index contributed by atoms with van der Waals surface area (Å²) in [6.45, 7) is 9.81. The molecule has 0 saturated carbocycles. The van der Waals surface area contributed by atoms with Gasteiger partial charge in [0, 0.05) is 38.8 Å². The molecule has 2 saturated heterocycles. The number of methoxy groups -OCH3 is 1. The van der Waals surface area contributed by atoms with Crippen molar-refractivity contribution in [2.75, 3.05) is 53.1 Å². The van der Waals surface area contributed by atoms with Crippen molar-refractivity contribution in [2.24, 2.45) is 11.8 Å². The van der Waals surface area contributed by atoms with Crippen molar-refractivity contribution in [1.82, 2.24) is 10.2 Å². The van der Waals surface area contributed by atoms with Crippen LogP contribution in [-0.2, 0) is 9.47 Å². The second-order valence-electron chi connectivity index (χ2n) is 6.38. The summed E-state index contributed by atoms with van der Waals surface area (Å²) in [7, 11) is 1.82. The largest absolute Gasteiger partial charge is 0.384 e. The van der Waals surface area contributed by atoms with Crippen LogP contribution in [0.2, 0.25) is 0 Å². The first-order valence-electron chi connectivity index (χ1n) is 8.36. The van der Waals surface area contributed by atoms with E-state index in [-0.39, 0.29) is 0 Å². The Morgan fingerprint density at radius 3 is 2.75 bits per heavy atom. The van der Waals surface area contributed by atoms with E-state index < -0.39 is 0 Å². The van der Waals surface area contributed by atoms with Gasteiger partial charge in [-0.3, -0.25) is 0 Å². The van der Waals surface area contributed by atoms with E-state index >= 15 is 0 Å². The molecule has 0 aliphatic carbocycles. The quantitative estimate of drug-likeness (QED) is 0.772. The van der Waals surface area contributed by atoms with Crippen LogP contribution < -0.4 is 5.32 Å². The summed E-state index contributed by atoms with van der Waals surface area (Å²) in [5.74, 6) is 1.43. The van der Waals surface area contributed by atoms with Gasteiger partial charge in [-0.15, -0.1) is 0 Å². The summed E-state index contributed by atoms with van der Waals surface area (Å²) in [5.41, 5.74) is 0. The lowest BCUT2D eigenvalue weighted by molar-refractivity contribution is 0.00883. The third-order valence-electron chi connectivity index (χ3n) is 4.73. The summed E-state index contributed by atoms with van der Waals surface area (Å²) >= 11 is 0. The molecule has 2 fully saturated rings. The molecule has 4 nitrogen and oxygen atoms in total. The number of rotatable bonds is 7. The SMILES string of the molecule is CCCNC1CCOCC1CN1CCC(COC)CC1. The van der Waals surface area contributed by atoms with Crippen molar-refractivity contribution >= 4 is 0 Å². The monoisotopic (exact) mass is 284 g/mol. The maximum absolute atomic E-state index is 5.71. The zero-order chi connectivity index (χ0) is 14.2. The van der Waals surface area contributed by atoms with Crippen molar-refractivity contribution in [3.8, 4) is 0 Å². The van der Waals surface area contributed by atoms with Gasteiger partial charge in [-0.25, -0.2) is 0 Å². The van der Waals surface area contributed by atoms with Crippen LogP contribution in [0.25, 0.3) is 0 Å². The number of nitrogens with one attached hydrogen (secondary N) is 1. The Kier molecular flexibility index (Phi) is 7.28. The Morgan fingerprint density at radius 1 is 1.25 bits per heavy atom. The Morgan fingerprint density at radius 2 is 2.05 bits per heavy atom. The van der Waals surface area contributed by atoms with Crippen LogP contribution in [0.15, 0.2) is 0 Å². The molecule has 2 atom stereocenters. The molecule has 2 aliphatic heterocycles. The van der Waals surface area contributed by atoms with Gasteiger partial charge in [0.2, 0.25) is 0 Å². The van der Waals surface area contributed by atoms with E-state index in [1.165, 1.54) is 45.3 Å². The molecule has 2 rings (SSSR count). The molecule has 4 heteroatoms. The van der Waals surface area contributed by atoms with Gasteiger partial charge in [0.15, 0.2) is 0 Å². The van der Waals surface area contributed by atoms with Gasteiger partial charge >= 0.3 is 0 Å². The molecule has 118 valence electrons. The second kappa shape index (κ2) is 8.98. The molecule has 1 N–H and O–H groups in total. The van der Waals surface area contributed by atoms with Crippen molar-refractivity contribution in [3.05, 3.63) is 0 Å². The number of nitrogens with zero attached hydrogens (tertiary/aromatic N) is 1. The minimum Gasteiger partial charge on any atom is -0.384 e. The highest BCUT2D eigenvalue weighted by Gasteiger charge is 2.28. The maximum atomic E-state index is 5.71. The topological polar surface area (TPSA) is 33.7 Å². The molecule has 0 aromatic carbocycles. The van der Waals surface area contributed by atoms with Crippen molar-refractivity contribution in [2.45, 2.75) is 38.6 Å². The Labute approximate surface area is 124 Å². The van der Waals surface area contributed by atoms with Gasteiger partial charge < -0.3 is 19.7 Å². The summed E-state index contributed by atoms with van der Waals surface area (Å²) in [6, 6.07) is 0.653. The minimum absolute atomic E-state index is 0.653. The Balaban J connectivity index is 1.73. The van der Waals surface area contributed by atoms with E-state index in [0.29, 0.717) is 12.0 Å². The average molecular weight is 284 g/mol. The number of likely N-dealkylation sites (tertiary alicyclic amines) is 1. The molecular weight excluding hydrogens is 252 g/mol. The highest BCUT2D eigenvalue weighted by molar-refractivity contribution is 4.83. The molecule has 2 heterocycles. The van der Waals surface area contributed by atoms with E-state index in [4.69, 9.17) is 9.47 Å². The molecule has 0 amide bonds. The van der Waals surface area contributed by atoms with Crippen LogP contribution in [0.4, 0.5) is 0 Å².